The normalized spacial score (nSPS) is 11.8. The van der Waals surface area contributed by atoms with Crippen molar-refractivity contribution in [1.82, 2.24) is 0 Å². The molecule has 1 rings (SSSR count). The Kier molecular flexibility index (Phi) is 6.36. The van der Waals surface area contributed by atoms with Crippen LogP contribution in [0.2, 0.25) is 0 Å². The number of nitrogens with zero attached hydrogens (tertiary/aromatic N) is 1. The average Bonchev–Trinajstić information content (AvgIpc) is 2.26. The molecule has 9 heteroatoms. The van der Waals surface area contributed by atoms with Crippen LogP contribution in [0.3, 0.4) is 0 Å². The van der Waals surface area contributed by atoms with Crippen LogP contribution in [0.1, 0.15) is 5.56 Å². The fourth-order valence-corrected chi connectivity index (χ4v) is 0.774. The van der Waals surface area contributed by atoms with Gasteiger partial charge in [-0.2, -0.15) is 13.2 Å². The Morgan fingerprint density at radius 2 is 1.68 bits per heavy atom. The van der Waals surface area contributed by atoms with Gasteiger partial charge in [-0.15, -0.1) is 0 Å². The third-order valence-corrected chi connectivity index (χ3v) is 2.22. The third kappa shape index (κ3) is 7.32. The number of carbonyl (C=O) groups excluding carboxylic acids is 1. The largest absolute Gasteiger partial charge is 0.741 e. The van der Waals surface area contributed by atoms with Gasteiger partial charge in [-0.25, -0.2) is 13.0 Å². The average molecular weight is 297 g/mol. The van der Waals surface area contributed by atoms with Crippen molar-refractivity contribution in [2.24, 2.45) is 7.05 Å². The number of hydrogen-bond acceptors (Lipinski definition) is 4. The Hall–Kier alpha value is -1.74. The molecule has 0 bridgehead atoms. The summed E-state index contributed by atoms with van der Waals surface area (Å²) < 4.78 is 60.8. The van der Waals surface area contributed by atoms with E-state index in [0.29, 0.717) is 0 Å². The first-order valence-corrected chi connectivity index (χ1v) is 6.08. The first kappa shape index (κ1) is 17.3. The fraction of sp³-hybridized carbons (Fsp3) is 0.200. The van der Waals surface area contributed by atoms with Crippen LogP contribution in [0.4, 0.5) is 13.2 Å². The van der Waals surface area contributed by atoms with Crippen LogP contribution < -0.4 is 4.57 Å². The van der Waals surface area contributed by atoms with E-state index in [4.69, 9.17) is 13.0 Å². The number of aldehydes is 1. The molecule has 0 aliphatic heterocycles. The Morgan fingerprint density at radius 3 is 2.00 bits per heavy atom. The highest BCUT2D eigenvalue weighted by atomic mass is 32.2. The summed E-state index contributed by atoms with van der Waals surface area (Å²) in [6.45, 7) is 0. The molecule has 0 saturated heterocycles. The second kappa shape index (κ2) is 7.00. The summed E-state index contributed by atoms with van der Waals surface area (Å²) in [7, 11) is -4.14. The van der Waals surface area contributed by atoms with Gasteiger partial charge < -0.3 is 4.55 Å². The van der Waals surface area contributed by atoms with Gasteiger partial charge in [-0.1, -0.05) is 6.08 Å². The first-order chi connectivity index (χ1) is 8.58. The van der Waals surface area contributed by atoms with E-state index < -0.39 is 15.6 Å². The van der Waals surface area contributed by atoms with Gasteiger partial charge in [0.25, 0.3) is 0 Å². The van der Waals surface area contributed by atoms with Crippen LogP contribution >= 0.6 is 0 Å². The number of halogens is 3. The van der Waals surface area contributed by atoms with E-state index in [1.807, 2.05) is 36.1 Å². The molecule has 5 nitrogen and oxygen atoms in total. The number of allylic oxidation sites excluding steroid dienone is 1. The lowest BCUT2D eigenvalue weighted by molar-refractivity contribution is -0.671. The van der Waals surface area contributed by atoms with Crippen molar-refractivity contribution in [2.45, 2.75) is 5.51 Å². The molecule has 1 aromatic rings. The second-order valence-corrected chi connectivity index (χ2v) is 4.56. The SMILES string of the molecule is C[n+]1ccc(C=CC=O)cc1.O=S(=O)([O-])C(F)(F)F. The van der Waals surface area contributed by atoms with Gasteiger partial charge in [-0.3, -0.25) is 4.79 Å². The molecule has 0 saturated carbocycles. The van der Waals surface area contributed by atoms with Crippen LogP contribution in [-0.4, -0.2) is 24.8 Å². The summed E-state index contributed by atoms with van der Waals surface area (Å²) in [4.78, 5) is 9.95. The minimum Gasteiger partial charge on any atom is -0.741 e. The molecular formula is C10H10F3NO4S. The number of rotatable bonds is 2. The summed E-state index contributed by atoms with van der Waals surface area (Å²) in [5, 5.41) is 0. The van der Waals surface area contributed by atoms with Crippen LogP contribution in [0.15, 0.2) is 30.6 Å². The summed E-state index contributed by atoms with van der Waals surface area (Å²) >= 11 is 0. The Bertz CT molecular complexity index is 535. The maximum atomic E-state index is 10.7. The standard InChI is InChI=1S/C9H10NO.CHF3O3S/c1-10-6-4-9(5-7-10)3-2-8-11;2-1(3,4)8(5,6)7/h2-8H,1H3;(H,5,6,7)/q+1;/p-1. The molecule has 0 aromatic carbocycles. The van der Waals surface area contributed by atoms with Gasteiger partial charge in [0, 0.05) is 12.1 Å². The number of aromatic nitrogens is 1. The second-order valence-electron chi connectivity index (χ2n) is 3.19. The smallest absolute Gasteiger partial charge is 0.485 e. The van der Waals surface area contributed by atoms with Crippen molar-refractivity contribution in [1.29, 1.82) is 0 Å². The number of alkyl halides is 3. The van der Waals surface area contributed by atoms with Crippen molar-refractivity contribution in [3.63, 3.8) is 0 Å². The van der Waals surface area contributed by atoms with Crippen molar-refractivity contribution in [3.8, 4) is 0 Å². The molecule has 19 heavy (non-hydrogen) atoms. The van der Waals surface area contributed by atoms with E-state index in [2.05, 4.69) is 0 Å². The molecular weight excluding hydrogens is 287 g/mol. The number of carbonyl (C=O) groups is 1. The minimum absolute atomic E-state index is 0.771. The molecule has 0 fully saturated rings. The van der Waals surface area contributed by atoms with Gasteiger partial charge in [0.05, 0.1) is 0 Å². The number of hydrogen-bond donors (Lipinski definition) is 0. The molecule has 0 N–H and O–H groups in total. The van der Waals surface area contributed by atoms with Crippen molar-refractivity contribution in [3.05, 3.63) is 36.2 Å². The molecule has 106 valence electrons. The van der Waals surface area contributed by atoms with Crippen LogP contribution in [0.25, 0.3) is 6.08 Å². The predicted octanol–water partition coefficient (Wildman–Crippen LogP) is 0.775. The Balaban J connectivity index is 0.000000362. The molecule has 0 spiro atoms. The fourth-order valence-electron chi connectivity index (χ4n) is 0.774. The third-order valence-electron chi connectivity index (χ3n) is 1.65. The van der Waals surface area contributed by atoms with Gasteiger partial charge >= 0.3 is 5.51 Å². The minimum atomic E-state index is -6.09. The molecule has 0 aliphatic rings. The van der Waals surface area contributed by atoms with E-state index >= 15 is 0 Å². The van der Waals surface area contributed by atoms with Crippen molar-refractivity contribution >= 4 is 22.5 Å². The highest BCUT2D eigenvalue weighted by molar-refractivity contribution is 7.86. The maximum absolute atomic E-state index is 10.7. The van der Waals surface area contributed by atoms with Gasteiger partial charge in [-0.05, 0) is 11.6 Å². The molecule has 1 heterocycles. The Morgan fingerprint density at radius 1 is 1.26 bits per heavy atom. The van der Waals surface area contributed by atoms with E-state index in [1.165, 1.54) is 6.08 Å². The molecule has 0 aliphatic carbocycles. The summed E-state index contributed by atoms with van der Waals surface area (Å²) in [6.07, 6.45) is 7.89. The lowest BCUT2D eigenvalue weighted by Crippen LogP contribution is -2.25. The van der Waals surface area contributed by atoms with Crippen LogP contribution in [0.5, 0.6) is 0 Å². The highest BCUT2D eigenvalue weighted by Gasteiger charge is 2.36. The van der Waals surface area contributed by atoms with Crippen molar-refractivity contribution < 1.29 is 35.5 Å². The van der Waals surface area contributed by atoms with Gasteiger partial charge in [0.15, 0.2) is 22.5 Å². The monoisotopic (exact) mass is 297 g/mol. The Labute approximate surface area is 107 Å². The van der Waals surface area contributed by atoms with Crippen LogP contribution in [-0.2, 0) is 22.0 Å². The summed E-state index contributed by atoms with van der Waals surface area (Å²) in [5.41, 5.74) is -4.61. The van der Waals surface area contributed by atoms with E-state index in [1.54, 1.807) is 6.08 Å². The van der Waals surface area contributed by atoms with E-state index in [9.17, 15) is 18.0 Å². The zero-order chi connectivity index (χ0) is 15.1. The van der Waals surface area contributed by atoms with E-state index in [0.717, 1.165) is 11.8 Å². The predicted molar refractivity (Wildman–Crippen MR) is 58.5 cm³/mol. The zero-order valence-corrected chi connectivity index (χ0v) is 10.5. The lowest BCUT2D eigenvalue weighted by atomic mass is 10.2. The molecule has 0 amide bonds. The molecule has 0 unspecified atom stereocenters. The number of aryl methyl sites for hydroxylation is 1. The maximum Gasteiger partial charge on any atom is 0.485 e. The van der Waals surface area contributed by atoms with Gasteiger partial charge in [0.2, 0.25) is 0 Å². The quantitative estimate of drug-likeness (QED) is 0.266. The highest BCUT2D eigenvalue weighted by Crippen LogP contribution is 2.20. The summed E-state index contributed by atoms with van der Waals surface area (Å²) in [6, 6.07) is 3.89. The first-order valence-electron chi connectivity index (χ1n) is 4.67. The zero-order valence-electron chi connectivity index (χ0n) is 9.66. The molecule has 0 radical (unpaired) electrons. The van der Waals surface area contributed by atoms with Crippen LogP contribution in [0, 0.1) is 0 Å². The molecule has 0 atom stereocenters. The topological polar surface area (TPSA) is 78.1 Å². The number of pyridine rings is 1. The lowest BCUT2D eigenvalue weighted by Gasteiger charge is -2.08. The van der Waals surface area contributed by atoms with Crippen molar-refractivity contribution in [2.75, 3.05) is 0 Å². The molecule has 1 aromatic heterocycles. The van der Waals surface area contributed by atoms with E-state index in [-0.39, 0.29) is 0 Å². The summed E-state index contributed by atoms with van der Waals surface area (Å²) in [5.74, 6) is 0. The van der Waals surface area contributed by atoms with Gasteiger partial charge in [0.1, 0.15) is 13.3 Å².